The lowest BCUT2D eigenvalue weighted by Crippen LogP contribution is -2.53. The normalized spacial score (nSPS) is 20.1. The lowest BCUT2D eigenvalue weighted by Gasteiger charge is -2.44. The van der Waals surface area contributed by atoms with Gasteiger partial charge in [-0.05, 0) is 31.0 Å². The second kappa shape index (κ2) is 6.54. The predicted molar refractivity (Wildman–Crippen MR) is 94.2 cm³/mol. The van der Waals surface area contributed by atoms with Crippen LogP contribution in [0.5, 0.6) is 0 Å². The van der Waals surface area contributed by atoms with Crippen molar-refractivity contribution in [2.75, 3.05) is 25.4 Å². The third-order valence-electron chi connectivity index (χ3n) is 4.58. The SMILES string of the molecule is CC(=O)N1CCC2(CC1)SCCN2C(=O)c1ccc(Cl)c(Cl)c1. The third kappa shape index (κ3) is 3.19. The molecule has 0 radical (unpaired) electrons. The van der Waals surface area contributed by atoms with E-state index in [0.29, 0.717) is 28.7 Å². The molecular weight excluding hydrogens is 355 g/mol. The van der Waals surface area contributed by atoms with E-state index in [1.807, 2.05) is 21.6 Å². The molecule has 4 nitrogen and oxygen atoms in total. The zero-order valence-electron chi connectivity index (χ0n) is 12.8. The summed E-state index contributed by atoms with van der Waals surface area (Å²) in [5.74, 6) is 1.02. The number of rotatable bonds is 1. The molecule has 7 heteroatoms. The molecule has 0 atom stereocenters. The first-order valence-electron chi connectivity index (χ1n) is 7.59. The van der Waals surface area contributed by atoms with Crippen LogP contribution in [0.4, 0.5) is 0 Å². The minimum atomic E-state index is -0.199. The number of halogens is 2. The fourth-order valence-corrected chi connectivity index (χ4v) is 5.02. The number of likely N-dealkylation sites (tertiary alicyclic amines) is 1. The van der Waals surface area contributed by atoms with E-state index in [0.717, 1.165) is 25.1 Å². The molecule has 3 rings (SSSR count). The largest absolute Gasteiger partial charge is 0.343 e. The van der Waals surface area contributed by atoms with E-state index in [9.17, 15) is 9.59 Å². The average molecular weight is 373 g/mol. The summed E-state index contributed by atoms with van der Waals surface area (Å²) in [6.45, 7) is 3.73. The molecule has 0 saturated carbocycles. The summed E-state index contributed by atoms with van der Waals surface area (Å²) in [7, 11) is 0. The lowest BCUT2D eigenvalue weighted by atomic mass is 10.0. The summed E-state index contributed by atoms with van der Waals surface area (Å²) in [5, 5.41) is 0.841. The van der Waals surface area contributed by atoms with Gasteiger partial charge < -0.3 is 9.80 Å². The first-order valence-corrected chi connectivity index (χ1v) is 9.34. The van der Waals surface area contributed by atoms with Crippen LogP contribution in [0.15, 0.2) is 18.2 Å². The Morgan fingerprint density at radius 1 is 1.13 bits per heavy atom. The molecule has 2 saturated heterocycles. The van der Waals surface area contributed by atoms with Crippen molar-refractivity contribution in [1.29, 1.82) is 0 Å². The summed E-state index contributed by atoms with van der Waals surface area (Å²) in [4.78, 5) is 28.1. The van der Waals surface area contributed by atoms with E-state index in [4.69, 9.17) is 23.2 Å². The molecule has 1 aromatic rings. The number of benzene rings is 1. The highest BCUT2D eigenvalue weighted by atomic mass is 35.5. The Kier molecular flexibility index (Phi) is 4.81. The highest BCUT2D eigenvalue weighted by molar-refractivity contribution is 8.00. The van der Waals surface area contributed by atoms with Crippen LogP contribution in [0.3, 0.4) is 0 Å². The van der Waals surface area contributed by atoms with Gasteiger partial charge in [-0.2, -0.15) is 0 Å². The Balaban J connectivity index is 1.80. The summed E-state index contributed by atoms with van der Waals surface area (Å²) >= 11 is 13.8. The summed E-state index contributed by atoms with van der Waals surface area (Å²) in [6.07, 6.45) is 1.62. The first-order chi connectivity index (χ1) is 10.9. The molecule has 1 spiro atoms. The van der Waals surface area contributed by atoms with E-state index in [1.165, 1.54) is 0 Å². The molecule has 23 heavy (non-hydrogen) atoms. The number of amides is 2. The van der Waals surface area contributed by atoms with Crippen LogP contribution in [-0.2, 0) is 4.79 Å². The molecule has 0 aliphatic carbocycles. The van der Waals surface area contributed by atoms with Crippen LogP contribution in [0.1, 0.15) is 30.1 Å². The van der Waals surface area contributed by atoms with Gasteiger partial charge in [0, 0.05) is 37.9 Å². The van der Waals surface area contributed by atoms with E-state index in [2.05, 4.69) is 0 Å². The van der Waals surface area contributed by atoms with Gasteiger partial charge in [-0.3, -0.25) is 9.59 Å². The van der Waals surface area contributed by atoms with E-state index < -0.39 is 0 Å². The van der Waals surface area contributed by atoms with Crippen LogP contribution in [0, 0.1) is 0 Å². The molecule has 2 aliphatic heterocycles. The van der Waals surface area contributed by atoms with E-state index in [-0.39, 0.29) is 16.7 Å². The Morgan fingerprint density at radius 3 is 2.43 bits per heavy atom. The molecule has 0 bridgehead atoms. The second-order valence-corrected chi connectivity index (χ2v) is 8.16. The number of piperidine rings is 1. The van der Waals surface area contributed by atoms with Gasteiger partial charge in [0.25, 0.3) is 5.91 Å². The third-order valence-corrected chi connectivity index (χ3v) is 6.87. The molecule has 2 amide bonds. The van der Waals surface area contributed by atoms with E-state index in [1.54, 1.807) is 25.1 Å². The van der Waals surface area contributed by atoms with Gasteiger partial charge >= 0.3 is 0 Å². The lowest BCUT2D eigenvalue weighted by molar-refractivity contribution is -0.130. The van der Waals surface area contributed by atoms with Gasteiger partial charge in [0.2, 0.25) is 5.91 Å². The van der Waals surface area contributed by atoms with Gasteiger partial charge in [0.1, 0.15) is 0 Å². The molecule has 1 aromatic carbocycles. The minimum Gasteiger partial charge on any atom is -0.343 e. The minimum absolute atomic E-state index is 0.00941. The summed E-state index contributed by atoms with van der Waals surface area (Å²) < 4.78 is 0. The summed E-state index contributed by atoms with van der Waals surface area (Å²) in [6, 6.07) is 5.01. The number of hydrogen-bond acceptors (Lipinski definition) is 3. The van der Waals surface area contributed by atoms with Crippen LogP contribution in [0.25, 0.3) is 0 Å². The van der Waals surface area contributed by atoms with Crippen molar-refractivity contribution in [2.45, 2.75) is 24.6 Å². The molecule has 0 aromatic heterocycles. The van der Waals surface area contributed by atoms with Crippen LogP contribution in [-0.4, -0.2) is 51.9 Å². The maximum atomic E-state index is 12.9. The maximum absolute atomic E-state index is 12.9. The molecule has 0 N–H and O–H groups in total. The maximum Gasteiger partial charge on any atom is 0.255 e. The Morgan fingerprint density at radius 2 is 1.83 bits per heavy atom. The summed E-state index contributed by atoms with van der Waals surface area (Å²) in [5.41, 5.74) is 0.565. The number of thioether (sulfide) groups is 1. The van der Waals surface area contributed by atoms with Crippen molar-refractivity contribution >= 4 is 46.8 Å². The van der Waals surface area contributed by atoms with Gasteiger partial charge in [0.15, 0.2) is 0 Å². The zero-order valence-corrected chi connectivity index (χ0v) is 15.2. The second-order valence-electron chi connectivity index (χ2n) is 5.89. The highest BCUT2D eigenvalue weighted by Crippen LogP contribution is 2.44. The number of nitrogens with zero attached hydrogens (tertiary/aromatic N) is 2. The monoisotopic (exact) mass is 372 g/mol. The molecule has 2 aliphatic rings. The highest BCUT2D eigenvalue weighted by Gasteiger charge is 2.46. The van der Waals surface area contributed by atoms with Crippen molar-refractivity contribution in [3.8, 4) is 0 Å². The number of carbonyl (C=O) groups excluding carboxylic acids is 2. The predicted octanol–water partition coefficient (Wildman–Crippen LogP) is 3.52. The standard InChI is InChI=1S/C16H18Cl2N2O2S/c1-11(21)19-6-4-16(5-7-19)20(8-9-23-16)15(22)12-2-3-13(17)14(18)10-12/h2-3,10H,4-9H2,1H3. The zero-order chi connectivity index (χ0) is 16.6. The molecule has 2 heterocycles. The fraction of sp³-hybridized carbons (Fsp3) is 0.500. The van der Waals surface area contributed by atoms with Gasteiger partial charge in [0.05, 0.1) is 14.9 Å². The van der Waals surface area contributed by atoms with Crippen molar-refractivity contribution in [3.05, 3.63) is 33.8 Å². The Bertz CT molecular complexity index is 645. The van der Waals surface area contributed by atoms with Crippen LogP contribution >= 0.6 is 35.0 Å². The first kappa shape index (κ1) is 16.9. The molecule has 0 unspecified atom stereocenters. The molecular formula is C16H18Cl2N2O2S. The Labute approximate surface area is 150 Å². The Hall–Kier alpha value is -0.910. The van der Waals surface area contributed by atoms with Crippen LogP contribution < -0.4 is 0 Å². The van der Waals surface area contributed by atoms with Gasteiger partial charge in [-0.1, -0.05) is 23.2 Å². The van der Waals surface area contributed by atoms with Crippen molar-refractivity contribution < 1.29 is 9.59 Å². The smallest absolute Gasteiger partial charge is 0.255 e. The van der Waals surface area contributed by atoms with Gasteiger partial charge in [-0.15, -0.1) is 11.8 Å². The topological polar surface area (TPSA) is 40.6 Å². The van der Waals surface area contributed by atoms with Crippen molar-refractivity contribution in [2.24, 2.45) is 0 Å². The molecule has 124 valence electrons. The van der Waals surface area contributed by atoms with Crippen molar-refractivity contribution in [3.63, 3.8) is 0 Å². The number of carbonyl (C=O) groups is 2. The van der Waals surface area contributed by atoms with Crippen molar-refractivity contribution in [1.82, 2.24) is 9.80 Å². The number of hydrogen-bond donors (Lipinski definition) is 0. The quantitative estimate of drug-likeness (QED) is 0.756. The molecule has 2 fully saturated rings. The average Bonchev–Trinajstić information content (AvgIpc) is 2.93. The fourth-order valence-electron chi connectivity index (χ4n) is 3.27. The van der Waals surface area contributed by atoms with E-state index >= 15 is 0 Å². The van der Waals surface area contributed by atoms with Crippen LogP contribution in [0.2, 0.25) is 10.0 Å². The van der Waals surface area contributed by atoms with Gasteiger partial charge in [-0.25, -0.2) is 0 Å².